The van der Waals surface area contributed by atoms with Gasteiger partial charge in [-0.2, -0.15) is 0 Å². The molecule has 1 unspecified atom stereocenters. The molecule has 1 saturated carbocycles. The Morgan fingerprint density at radius 2 is 2.00 bits per heavy atom. The van der Waals surface area contributed by atoms with Crippen LogP contribution in [0, 0.1) is 5.92 Å². The summed E-state index contributed by atoms with van der Waals surface area (Å²) in [6, 6.07) is 0. The first kappa shape index (κ1) is 12.4. The van der Waals surface area contributed by atoms with Gasteiger partial charge >= 0.3 is 5.97 Å². The molecule has 2 nitrogen and oxygen atoms in total. The summed E-state index contributed by atoms with van der Waals surface area (Å²) in [5, 5.41) is 0. The van der Waals surface area contributed by atoms with E-state index in [0.717, 1.165) is 12.8 Å². The molecule has 0 aromatic rings. The quantitative estimate of drug-likeness (QED) is 0.668. The van der Waals surface area contributed by atoms with Crippen LogP contribution in [-0.4, -0.2) is 18.5 Å². The first-order valence-electron chi connectivity index (χ1n) is 5.62. The smallest absolute Gasteiger partial charge is 0.315 e. The van der Waals surface area contributed by atoms with Crippen LogP contribution in [0.3, 0.4) is 0 Å². The van der Waals surface area contributed by atoms with Crippen LogP contribution in [0.4, 0.5) is 8.78 Å². The number of halogens is 2. The molecule has 1 aliphatic rings. The van der Waals surface area contributed by atoms with E-state index in [1.807, 2.05) is 0 Å². The van der Waals surface area contributed by atoms with Gasteiger partial charge < -0.3 is 4.74 Å². The normalized spacial score (nSPS) is 26.5. The number of carbonyl (C=O) groups is 1. The molecule has 0 amide bonds. The van der Waals surface area contributed by atoms with Crippen molar-refractivity contribution in [1.29, 1.82) is 0 Å². The lowest BCUT2D eigenvalue weighted by Crippen LogP contribution is -2.36. The van der Waals surface area contributed by atoms with Gasteiger partial charge in [0.15, 0.2) is 0 Å². The van der Waals surface area contributed by atoms with Gasteiger partial charge in [-0.3, -0.25) is 4.79 Å². The van der Waals surface area contributed by atoms with Gasteiger partial charge in [0, 0.05) is 6.42 Å². The van der Waals surface area contributed by atoms with Gasteiger partial charge in [-0.1, -0.05) is 19.3 Å². The Balaban J connectivity index is 2.66. The van der Waals surface area contributed by atoms with E-state index >= 15 is 0 Å². The highest BCUT2D eigenvalue weighted by molar-refractivity contribution is 5.73. The number of carbonyl (C=O) groups excluding carboxylic acids is 1. The van der Waals surface area contributed by atoms with Crippen molar-refractivity contribution in [3.63, 3.8) is 0 Å². The van der Waals surface area contributed by atoms with E-state index in [4.69, 9.17) is 4.74 Å². The summed E-state index contributed by atoms with van der Waals surface area (Å²) in [6.07, 6.45) is 3.04. The van der Waals surface area contributed by atoms with Gasteiger partial charge in [-0.05, 0) is 19.8 Å². The third-order valence-electron chi connectivity index (χ3n) is 2.83. The third-order valence-corrected chi connectivity index (χ3v) is 2.83. The number of rotatable bonds is 2. The van der Waals surface area contributed by atoms with Crippen LogP contribution in [0.15, 0.2) is 0 Å². The van der Waals surface area contributed by atoms with Crippen LogP contribution in [0.2, 0.25) is 0 Å². The largest absolute Gasteiger partial charge is 0.466 e. The molecule has 0 bridgehead atoms. The Labute approximate surface area is 89.0 Å². The Morgan fingerprint density at radius 1 is 1.33 bits per heavy atom. The lowest BCUT2D eigenvalue weighted by atomic mass is 9.88. The topological polar surface area (TPSA) is 26.3 Å². The number of alkyl halides is 2. The molecule has 88 valence electrons. The highest BCUT2D eigenvalue weighted by Crippen LogP contribution is 2.36. The Kier molecular flexibility index (Phi) is 4.48. The molecule has 0 aromatic carbocycles. The second-order valence-electron chi connectivity index (χ2n) is 4.02. The van der Waals surface area contributed by atoms with Crippen molar-refractivity contribution >= 4 is 5.97 Å². The first-order chi connectivity index (χ1) is 7.08. The first-order valence-corrected chi connectivity index (χ1v) is 5.62. The van der Waals surface area contributed by atoms with Crippen molar-refractivity contribution in [1.82, 2.24) is 0 Å². The summed E-state index contributed by atoms with van der Waals surface area (Å²) in [5.41, 5.74) is 0. The van der Waals surface area contributed by atoms with Crippen molar-refractivity contribution in [3.8, 4) is 0 Å². The van der Waals surface area contributed by atoms with Gasteiger partial charge in [0.1, 0.15) is 5.92 Å². The van der Waals surface area contributed by atoms with Crippen LogP contribution in [0.25, 0.3) is 0 Å². The fourth-order valence-corrected chi connectivity index (χ4v) is 1.98. The van der Waals surface area contributed by atoms with Crippen molar-refractivity contribution in [3.05, 3.63) is 0 Å². The Hall–Kier alpha value is -0.670. The molecule has 4 heteroatoms. The summed E-state index contributed by atoms with van der Waals surface area (Å²) < 4.78 is 31.9. The van der Waals surface area contributed by atoms with Gasteiger partial charge in [0.25, 0.3) is 5.92 Å². The second-order valence-corrected chi connectivity index (χ2v) is 4.02. The lowest BCUT2D eigenvalue weighted by molar-refractivity contribution is -0.165. The molecule has 0 aromatic heterocycles. The van der Waals surface area contributed by atoms with Crippen molar-refractivity contribution in [2.75, 3.05) is 6.61 Å². The number of ether oxygens (including phenoxy) is 1. The molecule has 0 heterocycles. The molecular formula is C11H18F2O2. The molecule has 1 fully saturated rings. The zero-order chi connectivity index (χ0) is 11.3. The number of hydrogen-bond acceptors (Lipinski definition) is 2. The van der Waals surface area contributed by atoms with Crippen molar-refractivity contribution < 1.29 is 18.3 Å². The van der Waals surface area contributed by atoms with E-state index in [9.17, 15) is 13.6 Å². The lowest BCUT2D eigenvalue weighted by Gasteiger charge is -2.27. The average molecular weight is 220 g/mol. The van der Waals surface area contributed by atoms with E-state index in [1.54, 1.807) is 6.92 Å². The summed E-state index contributed by atoms with van der Waals surface area (Å²) in [5.74, 6) is -4.84. The Bertz CT molecular complexity index is 217. The fraction of sp³-hybridized carbons (Fsp3) is 0.909. The number of hydrogen-bond donors (Lipinski definition) is 0. The minimum atomic E-state index is -2.88. The standard InChI is InChI=1S/C11H18F2O2/c1-2-15-10(14)9-7-5-3-4-6-8-11(9,12)13/h9H,2-8H2,1H3. The summed E-state index contributed by atoms with van der Waals surface area (Å²) in [7, 11) is 0. The maximum absolute atomic E-state index is 13.6. The fourth-order valence-electron chi connectivity index (χ4n) is 1.98. The van der Waals surface area contributed by atoms with E-state index in [-0.39, 0.29) is 19.4 Å². The van der Waals surface area contributed by atoms with E-state index in [1.165, 1.54) is 0 Å². The predicted molar refractivity (Wildman–Crippen MR) is 52.8 cm³/mol. The van der Waals surface area contributed by atoms with Gasteiger partial charge in [-0.25, -0.2) is 8.78 Å². The summed E-state index contributed by atoms with van der Waals surface area (Å²) in [4.78, 5) is 11.4. The molecule has 0 N–H and O–H groups in total. The maximum Gasteiger partial charge on any atom is 0.315 e. The van der Waals surface area contributed by atoms with E-state index in [2.05, 4.69) is 0 Å². The zero-order valence-corrected chi connectivity index (χ0v) is 9.10. The minimum absolute atomic E-state index is 0.172. The summed E-state index contributed by atoms with van der Waals surface area (Å²) in [6.45, 7) is 1.81. The van der Waals surface area contributed by atoms with Crippen LogP contribution in [0.5, 0.6) is 0 Å². The molecule has 0 aliphatic heterocycles. The predicted octanol–water partition coefficient (Wildman–Crippen LogP) is 3.16. The highest BCUT2D eigenvalue weighted by Gasteiger charge is 2.44. The molecule has 1 aliphatic carbocycles. The van der Waals surface area contributed by atoms with Crippen LogP contribution in [-0.2, 0) is 9.53 Å². The molecular weight excluding hydrogens is 202 g/mol. The van der Waals surface area contributed by atoms with Gasteiger partial charge in [-0.15, -0.1) is 0 Å². The van der Waals surface area contributed by atoms with E-state index < -0.39 is 17.8 Å². The van der Waals surface area contributed by atoms with Crippen LogP contribution >= 0.6 is 0 Å². The summed E-state index contributed by atoms with van der Waals surface area (Å²) >= 11 is 0. The molecule has 1 atom stereocenters. The molecule has 0 saturated heterocycles. The molecule has 0 spiro atoms. The monoisotopic (exact) mass is 220 g/mol. The third kappa shape index (κ3) is 3.43. The van der Waals surface area contributed by atoms with E-state index in [0.29, 0.717) is 12.8 Å². The maximum atomic E-state index is 13.6. The molecule has 0 radical (unpaired) electrons. The Morgan fingerprint density at radius 3 is 2.67 bits per heavy atom. The zero-order valence-electron chi connectivity index (χ0n) is 9.10. The van der Waals surface area contributed by atoms with Crippen molar-refractivity contribution in [2.45, 2.75) is 51.4 Å². The molecule has 1 rings (SSSR count). The minimum Gasteiger partial charge on any atom is -0.466 e. The second kappa shape index (κ2) is 5.42. The van der Waals surface area contributed by atoms with Gasteiger partial charge in [0.05, 0.1) is 6.61 Å². The van der Waals surface area contributed by atoms with Gasteiger partial charge in [0.2, 0.25) is 0 Å². The molecule has 15 heavy (non-hydrogen) atoms. The number of esters is 1. The van der Waals surface area contributed by atoms with Crippen molar-refractivity contribution in [2.24, 2.45) is 5.92 Å². The highest BCUT2D eigenvalue weighted by atomic mass is 19.3. The van der Waals surface area contributed by atoms with Crippen LogP contribution < -0.4 is 0 Å². The average Bonchev–Trinajstić information content (AvgIpc) is 2.13. The van der Waals surface area contributed by atoms with Crippen LogP contribution in [0.1, 0.15) is 45.4 Å². The SMILES string of the molecule is CCOC(=O)C1CCCCCCC1(F)F.